The molecule has 0 radical (unpaired) electrons. The minimum absolute atomic E-state index is 0.534. The molecule has 2 fully saturated rings. The first-order valence-electron chi connectivity index (χ1n) is 10.7. The van der Waals surface area contributed by atoms with Gasteiger partial charge in [-0.25, -0.2) is 0 Å². The lowest BCUT2D eigenvalue weighted by molar-refractivity contribution is 0.204. The molecule has 0 atom stereocenters. The maximum Gasteiger partial charge on any atom is 0.232 e. The standard InChI is InChI=1S/C20H34N6OS/c1-27-15-10-21-20(28)24-19-22-17(25-11-6-2-3-7-12-25)16-18(23-19)26-13-8-4-5-9-14-26/h16H,2-15H2,1H3,(H2,21,22,23,24,28). The fourth-order valence-corrected chi connectivity index (χ4v) is 4.01. The highest BCUT2D eigenvalue weighted by Gasteiger charge is 2.18. The molecule has 2 aliphatic rings. The van der Waals surface area contributed by atoms with Crippen LogP contribution in [0.5, 0.6) is 0 Å². The Hall–Kier alpha value is -1.67. The second-order valence-electron chi connectivity index (χ2n) is 7.58. The molecule has 156 valence electrons. The zero-order chi connectivity index (χ0) is 19.6. The van der Waals surface area contributed by atoms with Crippen molar-refractivity contribution in [2.24, 2.45) is 0 Å². The predicted octanol–water partition coefficient (Wildman–Crippen LogP) is 3.17. The lowest BCUT2D eigenvalue weighted by atomic mass is 10.2. The number of rotatable bonds is 6. The normalized spacial score (nSPS) is 18.3. The van der Waals surface area contributed by atoms with Gasteiger partial charge in [0.25, 0.3) is 0 Å². The van der Waals surface area contributed by atoms with Crippen molar-refractivity contribution in [3.8, 4) is 0 Å². The van der Waals surface area contributed by atoms with Crippen molar-refractivity contribution in [2.45, 2.75) is 51.4 Å². The van der Waals surface area contributed by atoms with Gasteiger partial charge in [-0.1, -0.05) is 25.7 Å². The van der Waals surface area contributed by atoms with Gasteiger partial charge in [-0.2, -0.15) is 9.97 Å². The number of nitrogens with one attached hydrogen (secondary N) is 2. The average molecular weight is 407 g/mol. The SMILES string of the molecule is COCCNC(=S)Nc1nc(N2CCCCCC2)cc(N2CCCCCC2)n1. The van der Waals surface area contributed by atoms with Gasteiger partial charge in [0.2, 0.25) is 5.95 Å². The van der Waals surface area contributed by atoms with Crippen molar-refractivity contribution in [1.82, 2.24) is 15.3 Å². The molecule has 0 spiro atoms. The van der Waals surface area contributed by atoms with Gasteiger partial charge in [0.05, 0.1) is 6.61 Å². The molecule has 0 saturated carbocycles. The summed E-state index contributed by atoms with van der Waals surface area (Å²) in [4.78, 5) is 14.4. The Labute approximate surface area is 174 Å². The van der Waals surface area contributed by atoms with Gasteiger partial charge in [-0.3, -0.25) is 0 Å². The van der Waals surface area contributed by atoms with Gasteiger partial charge in [0.15, 0.2) is 5.11 Å². The Morgan fingerprint density at radius 2 is 1.43 bits per heavy atom. The summed E-state index contributed by atoms with van der Waals surface area (Å²) in [6, 6.07) is 2.17. The minimum Gasteiger partial charge on any atom is -0.383 e. The summed E-state index contributed by atoms with van der Waals surface area (Å²) in [7, 11) is 1.68. The Morgan fingerprint density at radius 3 is 1.89 bits per heavy atom. The Kier molecular flexibility index (Phi) is 8.54. The first kappa shape index (κ1) is 21.0. The van der Waals surface area contributed by atoms with Gasteiger partial charge in [0, 0.05) is 45.9 Å². The number of nitrogens with zero attached hydrogens (tertiary/aromatic N) is 4. The van der Waals surface area contributed by atoms with Crippen LogP contribution in [0, 0.1) is 0 Å². The monoisotopic (exact) mass is 406 g/mol. The summed E-state index contributed by atoms with van der Waals surface area (Å²) in [5, 5.41) is 6.85. The first-order chi connectivity index (χ1) is 13.8. The van der Waals surface area contributed by atoms with E-state index in [4.69, 9.17) is 26.9 Å². The number of hydrogen-bond acceptors (Lipinski definition) is 6. The average Bonchev–Trinajstić information content (AvgIpc) is 3.13. The lowest BCUT2D eigenvalue weighted by Crippen LogP contribution is -2.33. The van der Waals surface area contributed by atoms with Crippen LogP contribution in [-0.4, -0.2) is 61.5 Å². The molecular formula is C20H34N6OS. The molecule has 7 nitrogen and oxygen atoms in total. The van der Waals surface area contributed by atoms with E-state index in [9.17, 15) is 0 Å². The van der Waals surface area contributed by atoms with E-state index in [0.717, 1.165) is 37.8 Å². The van der Waals surface area contributed by atoms with Crippen LogP contribution in [0.3, 0.4) is 0 Å². The Bertz CT molecular complexity index is 574. The van der Waals surface area contributed by atoms with Gasteiger partial charge in [0.1, 0.15) is 11.6 Å². The molecule has 0 unspecified atom stereocenters. The second-order valence-corrected chi connectivity index (χ2v) is 7.99. The highest BCUT2D eigenvalue weighted by molar-refractivity contribution is 7.80. The topological polar surface area (TPSA) is 65.6 Å². The third-order valence-corrected chi connectivity index (χ3v) is 5.62. The molecule has 1 aromatic heterocycles. The zero-order valence-corrected chi connectivity index (χ0v) is 17.9. The molecule has 0 amide bonds. The summed E-state index contributed by atoms with van der Waals surface area (Å²) in [5.74, 6) is 2.60. The van der Waals surface area contributed by atoms with Gasteiger partial charge < -0.3 is 25.2 Å². The molecule has 8 heteroatoms. The molecular weight excluding hydrogens is 372 g/mol. The smallest absolute Gasteiger partial charge is 0.232 e. The highest BCUT2D eigenvalue weighted by Crippen LogP contribution is 2.25. The summed E-state index contributed by atoms with van der Waals surface area (Å²) in [6.07, 6.45) is 10.1. The highest BCUT2D eigenvalue weighted by atomic mass is 32.1. The summed E-state index contributed by atoms with van der Waals surface area (Å²) >= 11 is 5.41. The van der Waals surface area contributed by atoms with Gasteiger partial charge >= 0.3 is 0 Å². The molecule has 3 rings (SSSR count). The van der Waals surface area contributed by atoms with E-state index in [-0.39, 0.29) is 0 Å². The molecule has 2 saturated heterocycles. The Morgan fingerprint density at radius 1 is 0.929 bits per heavy atom. The summed E-state index contributed by atoms with van der Waals surface area (Å²) < 4.78 is 5.07. The fraction of sp³-hybridized carbons (Fsp3) is 0.750. The minimum atomic E-state index is 0.534. The zero-order valence-electron chi connectivity index (χ0n) is 17.1. The van der Waals surface area contributed by atoms with E-state index >= 15 is 0 Å². The van der Waals surface area contributed by atoms with Crippen LogP contribution in [0.2, 0.25) is 0 Å². The predicted molar refractivity (Wildman–Crippen MR) is 119 cm³/mol. The van der Waals surface area contributed by atoms with Crippen molar-refractivity contribution >= 4 is 34.9 Å². The number of thiocarbonyl (C=S) groups is 1. The largest absolute Gasteiger partial charge is 0.383 e. The molecule has 3 heterocycles. The van der Waals surface area contributed by atoms with E-state index in [0.29, 0.717) is 24.2 Å². The molecule has 0 aromatic carbocycles. The third kappa shape index (κ3) is 6.44. The first-order valence-corrected chi connectivity index (χ1v) is 11.1. The van der Waals surface area contributed by atoms with E-state index < -0.39 is 0 Å². The summed E-state index contributed by atoms with van der Waals surface area (Å²) in [5.41, 5.74) is 0. The summed E-state index contributed by atoms with van der Waals surface area (Å²) in [6.45, 7) is 5.51. The van der Waals surface area contributed by atoms with Crippen molar-refractivity contribution in [3.05, 3.63) is 6.07 Å². The third-order valence-electron chi connectivity index (χ3n) is 5.38. The molecule has 2 N–H and O–H groups in total. The number of ether oxygens (including phenoxy) is 1. The number of methoxy groups -OCH3 is 1. The van der Waals surface area contributed by atoms with Crippen LogP contribution in [0.15, 0.2) is 6.07 Å². The second kappa shape index (κ2) is 11.4. The van der Waals surface area contributed by atoms with Crippen LogP contribution in [0.4, 0.5) is 17.6 Å². The quantitative estimate of drug-likeness (QED) is 0.552. The van der Waals surface area contributed by atoms with Crippen LogP contribution in [0.25, 0.3) is 0 Å². The maximum atomic E-state index is 5.41. The molecule has 1 aromatic rings. The van der Waals surface area contributed by atoms with Crippen molar-refractivity contribution in [1.29, 1.82) is 0 Å². The number of hydrogen-bond donors (Lipinski definition) is 2. The van der Waals surface area contributed by atoms with E-state index in [1.165, 1.54) is 51.4 Å². The van der Waals surface area contributed by atoms with E-state index in [1.807, 2.05) is 0 Å². The van der Waals surface area contributed by atoms with E-state index in [2.05, 4.69) is 26.5 Å². The fourth-order valence-electron chi connectivity index (χ4n) is 3.81. The maximum absolute atomic E-state index is 5.41. The molecule has 0 bridgehead atoms. The van der Waals surface area contributed by atoms with Crippen molar-refractivity contribution in [2.75, 3.05) is 61.6 Å². The van der Waals surface area contributed by atoms with E-state index in [1.54, 1.807) is 7.11 Å². The lowest BCUT2D eigenvalue weighted by Gasteiger charge is -2.26. The van der Waals surface area contributed by atoms with Crippen LogP contribution in [0.1, 0.15) is 51.4 Å². The van der Waals surface area contributed by atoms with Gasteiger partial charge in [-0.15, -0.1) is 0 Å². The molecule has 2 aliphatic heterocycles. The van der Waals surface area contributed by atoms with Crippen molar-refractivity contribution in [3.63, 3.8) is 0 Å². The number of anilines is 3. The van der Waals surface area contributed by atoms with Crippen molar-refractivity contribution < 1.29 is 4.74 Å². The Balaban J connectivity index is 1.79. The molecule has 0 aliphatic carbocycles. The van der Waals surface area contributed by atoms with Gasteiger partial charge in [-0.05, 0) is 37.9 Å². The van der Waals surface area contributed by atoms with Crippen LogP contribution >= 0.6 is 12.2 Å². The van der Waals surface area contributed by atoms with Crippen LogP contribution in [-0.2, 0) is 4.74 Å². The number of aromatic nitrogens is 2. The molecule has 28 heavy (non-hydrogen) atoms. The van der Waals surface area contributed by atoms with Crippen LogP contribution < -0.4 is 20.4 Å².